The molecule has 2 aromatic rings. The van der Waals surface area contributed by atoms with Gasteiger partial charge in [-0.1, -0.05) is 11.6 Å². The quantitative estimate of drug-likeness (QED) is 0.675. The zero-order valence-corrected chi connectivity index (χ0v) is 17.6. The van der Waals surface area contributed by atoms with Crippen LogP contribution in [0, 0.1) is 6.92 Å². The number of rotatable bonds is 8. The van der Waals surface area contributed by atoms with Gasteiger partial charge in [-0.25, -0.2) is 8.42 Å². The summed E-state index contributed by atoms with van der Waals surface area (Å²) in [4.78, 5) is 12.4. The zero-order chi connectivity index (χ0) is 20.9. The highest BCUT2D eigenvalue weighted by Crippen LogP contribution is 2.27. The molecule has 0 radical (unpaired) electrons. The number of methoxy groups -OCH3 is 1. The Hall–Kier alpha value is -2.29. The fourth-order valence-corrected chi connectivity index (χ4v) is 4.00. The minimum absolute atomic E-state index is 0.0561. The third-order valence-electron chi connectivity index (χ3n) is 3.90. The number of halogens is 1. The van der Waals surface area contributed by atoms with Crippen LogP contribution < -0.4 is 19.5 Å². The number of ether oxygens (including phenoxy) is 2. The maximum Gasteiger partial charge on any atom is 0.242 e. The van der Waals surface area contributed by atoms with Crippen LogP contribution in [0.25, 0.3) is 0 Å². The summed E-state index contributed by atoms with van der Waals surface area (Å²) in [6.45, 7) is 5.55. The monoisotopic (exact) mass is 426 g/mol. The molecule has 2 N–H and O–H groups in total. The number of sulfonamides is 1. The van der Waals surface area contributed by atoms with E-state index in [0.717, 1.165) is 0 Å². The van der Waals surface area contributed by atoms with Crippen LogP contribution >= 0.6 is 11.6 Å². The predicted octanol–water partition coefficient (Wildman–Crippen LogP) is 3.36. The Kier molecular flexibility index (Phi) is 7.29. The number of aryl methyl sites for hydroxylation is 1. The van der Waals surface area contributed by atoms with Gasteiger partial charge in [0, 0.05) is 5.69 Å². The van der Waals surface area contributed by atoms with E-state index in [1.807, 2.05) is 6.92 Å². The lowest BCUT2D eigenvalue weighted by Crippen LogP contribution is -2.41. The van der Waals surface area contributed by atoms with Gasteiger partial charge in [-0.15, -0.1) is 0 Å². The fourth-order valence-electron chi connectivity index (χ4n) is 2.46. The molecule has 0 bridgehead atoms. The highest BCUT2D eigenvalue weighted by molar-refractivity contribution is 7.89. The second-order valence-corrected chi connectivity index (χ2v) is 8.16. The van der Waals surface area contributed by atoms with Crippen molar-refractivity contribution in [1.29, 1.82) is 0 Å². The maximum absolute atomic E-state index is 12.6. The van der Waals surface area contributed by atoms with E-state index in [4.69, 9.17) is 21.1 Å². The standard InChI is InChI=1S/C19H23ClN2O5S/c1-5-27-17-9-7-15(10-12(17)2)28(24,25)22-13(3)19(23)21-14-6-8-18(26-4)16(20)11-14/h6-11,13,22H,5H2,1-4H3,(H,21,23)/t13-/m0/s1. The largest absolute Gasteiger partial charge is 0.495 e. The van der Waals surface area contributed by atoms with Crippen LogP contribution in [0.15, 0.2) is 41.3 Å². The fraction of sp³-hybridized carbons (Fsp3) is 0.316. The van der Waals surface area contributed by atoms with Gasteiger partial charge >= 0.3 is 0 Å². The maximum atomic E-state index is 12.6. The first-order valence-corrected chi connectivity index (χ1v) is 10.4. The molecular weight excluding hydrogens is 404 g/mol. The SMILES string of the molecule is CCOc1ccc(S(=O)(=O)N[C@@H](C)C(=O)Nc2ccc(OC)c(Cl)c2)cc1C. The second kappa shape index (κ2) is 9.27. The Morgan fingerprint density at radius 3 is 2.43 bits per heavy atom. The van der Waals surface area contributed by atoms with E-state index in [-0.39, 0.29) is 4.90 Å². The summed E-state index contributed by atoms with van der Waals surface area (Å²) >= 11 is 6.03. The molecule has 1 amide bonds. The van der Waals surface area contributed by atoms with Crippen LogP contribution in [-0.4, -0.2) is 34.1 Å². The highest BCUT2D eigenvalue weighted by Gasteiger charge is 2.23. The number of hydrogen-bond acceptors (Lipinski definition) is 5. The van der Waals surface area contributed by atoms with Crippen LogP contribution in [0.4, 0.5) is 5.69 Å². The molecule has 0 saturated heterocycles. The highest BCUT2D eigenvalue weighted by atomic mass is 35.5. The van der Waals surface area contributed by atoms with E-state index in [9.17, 15) is 13.2 Å². The normalized spacial score (nSPS) is 12.3. The van der Waals surface area contributed by atoms with E-state index in [0.29, 0.717) is 34.4 Å². The third kappa shape index (κ3) is 5.37. The summed E-state index contributed by atoms with van der Waals surface area (Å²) in [6, 6.07) is 8.27. The van der Waals surface area contributed by atoms with Gasteiger partial charge in [-0.2, -0.15) is 4.72 Å². The molecule has 0 aliphatic rings. The number of carbonyl (C=O) groups is 1. The molecule has 152 valence electrons. The molecule has 0 aromatic heterocycles. The van der Waals surface area contributed by atoms with Gasteiger partial charge < -0.3 is 14.8 Å². The number of carbonyl (C=O) groups excluding carboxylic acids is 1. The molecule has 0 spiro atoms. The summed E-state index contributed by atoms with van der Waals surface area (Å²) in [6.07, 6.45) is 0. The summed E-state index contributed by atoms with van der Waals surface area (Å²) in [5.41, 5.74) is 1.12. The van der Waals surface area contributed by atoms with Crippen molar-refractivity contribution in [2.75, 3.05) is 19.0 Å². The number of nitrogens with one attached hydrogen (secondary N) is 2. The average Bonchev–Trinajstić information content (AvgIpc) is 2.63. The van der Waals surface area contributed by atoms with Crippen molar-refractivity contribution in [3.05, 3.63) is 47.0 Å². The molecule has 0 aliphatic carbocycles. The molecule has 28 heavy (non-hydrogen) atoms. The Balaban J connectivity index is 2.09. The van der Waals surface area contributed by atoms with Gasteiger partial charge in [-0.05, 0) is 62.7 Å². The Bertz CT molecular complexity index is 963. The summed E-state index contributed by atoms with van der Waals surface area (Å²) in [5, 5.41) is 2.95. The first kappa shape index (κ1) is 22.0. The van der Waals surface area contributed by atoms with E-state index >= 15 is 0 Å². The predicted molar refractivity (Wildman–Crippen MR) is 109 cm³/mol. The number of amides is 1. The van der Waals surface area contributed by atoms with Crippen molar-refractivity contribution in [3.63, 3.8) is 0 Å². The first-order chi connectivity index (χ1) is 13.2. The van der Waals surface area contributed by atoms with E-state index < -0.39 is 22.0 Å². The van der Waals surface area contributed by atoms with Crippen molar-refractivity contribution in [3.8, 4) is 11.5 Å². The van der Waals surface area contributed by atoms with E-state index in [2.05, 4.69) is 10.0 Å². The van der Waals surface area contributed by atoms with E-state index in [1.54, 1.807) is 25.1 Å². The molecule has 2 rings (SSSR count). The third-order valence-corrected chi connectivity index (χ3v) is 5.73. The van der Waals surface area contributed by atoms with Crippen molar-refractivity contribution < 1.29 is 22.7 Å². The van der Waals surface area contributed by atoms with Crippen LogP contribution in [0.1, 0.15) is 19.4 Å². The molecule has 0 unspecified atom stereocenters. The molecule has 0 aliphatic heterocycles. The van der Waals surface area contributed by atoms with Crippen LogP contribution in [-0.2, 0) is 14.8 Å². The van der Waals surface area contributed by atoms with Gasteiger partial charge in [-0.3, -0.25) is 4.79 Å². The van der Waals surface area contributed by atoms with Crippen LogP contribution in [0.5, 0.6) is 11.5 Å². The topological polar surface area (TPSA) is 93.7 Å². The number of hydrogen-bond donors (Lipinski definition) is 2. The second-order valence-electron chi connectivity index (χ2n) is 6.04. The first-order valence-electron chi connectivity index (χ1n) is 8.58. The average molecular weight is 427 g/mol. The molecule has 0 heterocycles. The van der Waals surface area contributed by atoms with Gasteiger partial charge in [0.2, 0.25) is 15.9 Å². The van der Waals surface area contributed by atoms with Gasteiger partial charge in [0.1, 0.15) is 11.5 Å². The molecular formula is C19H23ClN2O5S. The van der Waals surface area contributed by atoms with E-state index in [1.165, 1.54) is 32.2 Å². The van der Waals surface area contributed by atoms with Gasteiger partial charge in [0.15, 0.2) is 0 Å². The van der Waals surface area contributed by atoms with Crippen molar-refractivity contribution >= 4 is 33.2 Å². The van der Waals surface area contributed by atoms with Crippen LogP contribution in [0.3, 0.4) is 0 Å². The molecule has 7 nitrogen and oxygen atoms in total. The smallest absolute Gasteiger partial charge is 0.242 e. The number of benzene rings is 2. The number of anilines is 1. The van der Waals surface area contributed by atoms with Crippen molar-refractivity contribution in [2.24, 2.45) is 0 Å². The molecule has 2 aromatic carbocycles. The molecule has 0 fully saturated rings. The summed E-state index contributed by atoms with van der Waals surface area (Å²) in [5.74, 6) is 0.565. The summed E-state index contributed by atoms with van der Waals surface area (Å²) in [7, 11) is -2.40. The minimum atomic E-state index is -3.88. The Morgan fingerprint density at radius 2 is 1.86 bits per heavy atom. The Labute approximate surface area is 170 Å². The lowest BCUT2D eigenvalue weighted by Gasteiger charge is -2.16. The Morgan fingerprint density at radius 1 is 1.18 bits per heavy atom. The molecule has 1 atom stereocenters. The zero-order valence-electron chi connectivity index (χ0n) is 16.1. The summed E-state index contributed by atoms with van der Waals surface area (Å²) < 4.78 is 38.0. The molecule has 9 heteroatoms. The van der Waals surface area contributed by atoms with Crippen molar-refractivity contribution in [1.82, 2.24) is 4.72 Å². The lowest BCUT2D eigenvalue weighted by atomic mass is 10.2. The lowest BCUT2D eigenvalue weighted by molar-refractivity contribution is -0.117. The van der Waals surface area contributed by atoms with Crippen LogP contribution in [0.2, 0.25) is 5.02 Å². The molecule has 0 saturated carbocycles. The van der Waals surface area contributed by atoms with Gasteiger partial charge in [0.25, 0.3) is 0 Å². The van der Waals surface area contributed by atoms with Crippen molar-refractivity contribution in [2.45, 2.75) is 31.7 Å². The van der Waals surface area contributed by atoms with Gasteiger partial charge in [0.05, 0.1) is 29.7 Å². The minimum Gasteiger partial charge on any atom is -0.495 e.